The van der Waals surface area contributed by atoms with Gasteiger partial charge in [0.05, 0.1) is 36.4 Å². The van der Waals surface area contributed by atoms with E-state index in [1.54, 1.807) is 12.1 Å². The topological polar surface area (TPSA) is 126 Å². The molecule has 0 unspecified atom stereocenters. The Labute approximate surface area is 170 Å². The summed E-state index contributed by atoms with van der Waals surface area (Å²) in [4.78, 5) is 10.1. The number of halogens is 3. The fourth-order valence-electron chi connectivity index (χ4n) is 2.21. The van der Waals surface area contributed by atoms with Crippen LogP contribution in [0.5, 0.6) is 0 Å². The Morgan fingerprint density at radius 1 is 1.32 bits per heavy atom. The zero-order valence-corrected chi connectivity index (χ0v) is 16.9. The molecule has 2 aromatic rings. The van der Waals surface area contributed by atoms with Crippen LogP contribution in [0.3, 0.4) is 0 Å². The van der Waals surface area contributed by atoms with Crippen molar-refractivity contribution in [3.05, 3.63) is 41.7 Å². The minimum absolute atomic E-state index is 0.00432. The van der Waals surface area contributed by atoms with Crippen LogP contribution < -0.4 is 10.0 Å². The van der Waals surface area contributed by atoms with Gasteiger partial charge in [-0.1, -0.05) is 40.5 Å². The number of rotatable bonds is 9. The van der Waals surface area contributed by atoms with Crippen molar-refractivity contribution in [1.82, 2.24) is 25.0 Å². The summed E-state index contributed by atoms with van der Waals surface area (Å²) in [6, 6.07) is 5.06. The molecule has 0 aliphatic heterocycles. The molecule has 1 aromatic carbocycles. The number of aromatic nitrogens is 3. The normalized spacial score (nSPS) is 14.1. The van der Waals surface area contributed by atoms with Crippen LogP contribution in [-0.2, 0) is 21.4 Å². The monoisotopic (exact) mass is 453 g/mol. The molecule has 9 nitrogen and oxygen atoms in total. The second-order valence-electron chi connectivity index (χ2n) is 5.85. The number of nitrogens with zero attached hydrogens (tertiary/aromatic N) is 3. The van der Waals surface area contributed by atoms with E-state index in [1.165, 1.54) is 23.0 Å². The van der Waals surface area contributed by atoms with E-state index in [2.05, 4.69) is 20.4 Å². The molecule has 0 aliphatic rings. The van der Waals surface area contributed by atoms with Crippen molar-refractivity contribution in [2.45, 2.75) is 23.5 Å². The Hall–Kier alpha value is -1.79. The van der Waals surface area contributed by atoms with Gasteiger partial charge < -0.3 is 10.4 Å². The molecule has 0 aliphatic carbocycles. The molecule has 1 amide bonds. The van der Waals surface area contributed by atoms with Crippen LogP contribution in [0, 0.1) is 0 Å². The lowest BCUT2D eigenvalue weighted by Gasteiger charge is -2.22. The zero-order chi connectivity index (χ0) is 20.9. The lowest BCUT2D eigenvalue weighted by Crippen LogP contribution is -2.43. The minimum Gasteiger partial charge on any atom is -0.386 e. The Morgan fingerprint density at radius 3 is 2.50 bits per heavy atom. The number of alkyl halides is 3. The maximum Gasteiger partial charge on any atom is 0.253 e. The average Bonchev–Trinajstić information content (AvgIpc) is 3.12. The third-order valence-electron chi connectivity index (χ3n) is 3.63. The van der Waals surface area contributed by atoms with Crippen LogP contribution in [0.2, 0.25) is 0 Å². The van der Waals surface area contributed by atoms with E-state index < -0.39 is 39.6 Å². The van der Waals surface area contributed by atoms with Crippen molar-refractivity contribution in [2.75, 3.05) is 12.9 Å². The van der Waals surface area contributed by atoms with Gasteiger partial charge in [-0.25, -0.2) is 22.2 Å². The predicted molar refractivity (Wildman–Crippen MR) is 101 cm³/mol. The van der Waals surface area contributed by atoms with Crippen LogP contribution in [0.25, 0.3) is 5.69 Å². The molecule has 0 radical (unpaired) electrons. The van der Waals surface area contributed by atoms with Crippen molar-refractivity contribution in [1.29, 1.82) is 0 Å². The van der Waals surface area contributed by atoms with Gasteiger partial charge in [-0.05, 0) is 17.7 Å². The second-order valence-corrected chi connectivity index (χ2v) is 8.78. The number of benzene rings is 1. The number of amides is 1. The first-order valence-electron chi connectivity index (χ1n) is 7.89. The van der Waals surface area contributed by atoms with Crippen molar-refractivity contribution in [3.8, 4) is 5.69 Å². The van der Waals surface area contributed by atoms with E-state index in [1.807, 2.05) is 0 Å². The molecule has 1 heterocycles. The number of carbonyl (C=O) groups is 1. The van der Waals surface area contributed by atoms with Gasteiger partial charge in [-0.3, -0.25) is 4.79 Å². The first-order chi connectivity index (χ1) is 13.1. The number of carbonyl (C=O) groups excluding carboxylic acids is 1. The Balaban J connectivity index is 2.08. The highest BCUT2D eigenvalue weighted by Gasteiger charge is 2.25. The summed E-state index contributed by atoms with van der Waals surface area (Å²) in [5.74, 6) is -0.806. The van der Waals surface area contributed by atoms with Gasteiger partial charge in [-0.15, -0.1) is 5.10 Å². The molecule has 13 heteroatoms. The molecule has 3 N–H and O–H groups in total. The molecule has 2 atom stereocenters. The maximum atomic E-state index is 13.2. The number of nitrogens with one attached hydrogen (secondary N) is 2. The van der Waals surface area contributed by atoms with E-state index in [4.69, 9.17) is 23.2 Å². The lowest BCUT2D eigenvalue weighted by molar-refractivity contribution is -0.121. The molecule has 154 valence electrons. The largest absolute Gasteiger partial charge is 0.386 e. The third kappa shape index (κ3) is 6.38. The number of aliphatic hydroxyl groups excluding tert-OH is 1. The molecule has 2 rings (SSSR count). The summed E-state index contributed by atoms with van der Waals surface area (Å²) >= 11 is 10.8. The maximum absolute atomic E-state index is 13.2. The van der Waals surface area contributed by atoms with Gasteiger partial charge in [0.15, 0.2) is 4.84 Å². The summed E-state index contributed by atoms with van der Waals surface area (Å²) in [6.45, 7) is -1.02. The van der Waals surface area contributed by atoms with Crippen LogP contribution >= 0.6 is 23.2 Å². The van der Waals surface area contributed by atoms with Crippen LogP contribution in [0.4, 0.5) is 4.39 Å². The molecule has 0 fully saturated rings. The van der Waals surface area contributed by atoms with Crippen LogP contribution in [-0.4, -0.2) is 58.2 Å². The van der Waals surface area contributed by atoms with Gasteiger partial charge in [0.25, 0.3) is 5.91 Å². The van der Waals surface area contributed by atoms with Gasteiger partial charge >= 0.3 is 0 Å². The molecule has 28 heavy (non-hydrogen) atoms. The highest BCUT2D eigenvalue weighted by Crippen LogP contribution is 2.20. The number of sulfonamides is 1. The molecular formula is C15H18Cl2FN5O4S. The van der Waals surface area contributed by atoms with Crippen molar-refractivity contribution in [2.24, 2.45) is 0 Å². The minimum atomic E-state index is -3.35. The summed E-state index contributed by atoms with van der Waals surface area (Å²) in [6.07, 6.45) is 1.25. The van der Waals surface area contributed by atoms with Crippen molar-refractivity contribution < 1.29 is 22.7 Å². The van der Waals surface area contributed by atoms with Gasteiger partial charge in [0, 0.05) is 0 Å². The van der Waals surface area contributed by atoms with Crippen molar-refractivity contribution >= 4 is 39.1 Å². The third-order valence-corrected chi connectivity index (χ3v) is 4.69. The highest BCUT2D eigenvalue weighted by atomic mass is 35.5. The molecular weight excluding hydrogens is 436 g/mol. The molecule has 1 aromatic heterocycles. The van der Waals surface area contributed by atoms with E-state index in [9.17, 15) is 22.7 Å². The summed E-state index contributed by atoms with van der Waals surface area (Å²) in [5, 5.41) is 20.3. The molecule has 0 bridgehead atoms. The zero-order valence-electron chi connectivity index (χ0n) is 14.6. The van der Waals surface area contributed by atoms with E-state index in [-0.39, 0.29) is 6.54 Å². The fraction of sp³-hybridized carbons (Fsp3) is 0.400. The lowest BCUT2D eigenvalue weighted by atomic mass is 10.0. The molecule has 0 saturated carbocycles. The first-order valence-corrected chi connectivity index (χ1v) is 10.7. The van der Waals surface area contributed by atoms with Gasteiger partial charge in [-0.2, -0.15) is 0 Å². The Kier molecular flexibility index (Phi) is 7.72. The summed E-state index contributed by atoms with van der Waals surface area (Å²) in [5.41, 5.74) is 1.34. The summed E-state index contributed by atoms with van der Waals surface area (Å²) < 4.78 is 39.1. The SMILES string of the molecule is CS(=O)(=O)NCc1cn(-c2ccc([C@H](O)[C@@H](CF)NC(=O)C(Cl)Cl)cc2)nn1. The number of hydrogen-bond donors (Lipinski definition) is 3. The first kappa shape index (κ1) is 22.5. The van der Waals surface area contributed by atoms with Crippen molar-refractivity contribution in [3.63, 3.8) is 0 Å². The van der Waals surface area contributed by atoms with Crippen LogP contribution in [0.15, 0.2) is 30.5 Å². The average molecular weight is 454 g/mol. The second kappa shape index (κ2) is 9.61. The molecule has 0 spiro atoms. The smallest absolute Gasteiger partial charge is 0.253 e. The van der Waals surface area contributed by atoms with Crippen LogP contribution in [0.1, 0.15) is 17.4 Å². The number of hydrogen-bond acceptors (Lipinski definition) is 6. The van der Waals surface area contributed by atoms with E-state index in [0.29, 0.717) is 16.9 Å². The summed E-state index contributed by atoms with van der Waals surface area (Å²) in [7, 11) is -3.35. The standard InChI is InChI=1S/C15H18Cl2FN5O4S/c1-28(26,27)19-7-10-8-23(22-21-10)11-4-2-9(3-5-11)13(24)12(6-18)20-15(25)14(16)17/h2-5,8,12-14,19,24H,6-7H2,1H3,(H,20,25)/t12-,13+/m1/s1. The Bertz CT molecular complexity index is 907. The fourth-order valence-corrected chi connectivity index (χ4v) is 2.75. The van der Waals surface area contributed by atoms with Gasteiger partial charge in [0.2, 0.25) is 10.0 Å². The van der Waals surface area contributed by atoms with Gasteiger partial charge in [0.1, 0.15) is 12.8 Å². The highest BCUT2D eigenvalue weighted by molar-refractivity contribution is 7.88. The van der Waals surface area contributed by atoms with E-state index in [0.717, 1.165) is 6.26 Å². The predicted octanol–water partition coefficient (Wildman–Crippen LogP) is 0.608. The molecule has 0 saturated heterocycles. The Morgan fingerprint density at radius 2 is 1.96 bits per heavy atom. The quantitative estimate of drug-likeness (QED) is 0.477. The van der Waals surface area contributed by atoms with E-state index >= 15 is 0 Å². The number of aliphatic hydroxyl groups is 1.